The molecule has 2 atom stereocenters. The Bertz CT molecular complexity index is 596. The lowest BCUT2D eigenvalue weighted by atomic mass is 9.94. The molecule has 130 valence electrons. The fraction of sp³-hybridized carbons (Fsp3) is 0.600. The predicted octanol–water partition coefficient (Wildman–Crippen LogP) is 6.04. The fourth-order valence-corrected chi connectivity index (χ4v) is 2.44. The second-order valence-corrected chi connectivity index (χ2v) is 6.19. The van der Waals surface area contributed by atoms with Crippen LogP contribution < -0.4 is 0 Å². The zero-order chi connectivity index (χ0) is 18.3. The number of ether oxygens (including phenoxy) is 2. The summed E-state index contributed by atoms with van der Waals surface area (Å²) in [4.78, 5) is 7.20. The lowest BCUT2D eigenvalue weighted by Gasteiger charge is -2.22. The van der Waals surface area contributed by atoms with Crippen molar-refractivity contribution >= 4 is 11.4 Å². The largest absolute Gasteiger partial charge is 0.374 e. The molecule has 4 nitrogen and oxygen atoms in total. The van der Waals surface area contributed by atoms with Gasteiger partial charge in [-0.2, -0.15) is 0 Å². The van der Waals surface area contributed by atoms with Crippen LogP contribution in [0.5, 0.6) is 0 Å². The highest BCUT2D eigenvalue weighted by molar-refractivity contribution is 5.80. The summed E-state index contributed by atoms with van der Waals surface area (Å²) in [5, 5.41) is 0. The standard InChI is InChI=1S/C20H28N2O2/c1-9-13(3)23-11-17-15(5)19(21-7)20(22-8)16(6)18(17)12-24-14(4)10-2/h13-14H,9-12H2,1-6H3/t13-,14-/m1/s1. The number of hydrogen-bond acceptors (Lipinski definition) is 2. The minimum absolute atomic E-state index is 0.157. The molecule has 0 aliphatic carbocycles. The third-order valence-electron chi connectivity index (χ3n) is 4.60. The van der Waals surface area contributed by atoms with Crippen LogP contribution in [0.1, 0.15) is 62.8 Å². The number of nitrogens with zero attached hydrogens (tertiary/aromatic N) is 2. The van der Waals surface area contributed by atoms with Crippen molar-refractivity contribution < 1.29 is 9.47 Å². The Morgan fingerprint density at radius 1 is 0.792 bits per heavy atom. The summed E-state index contributed by atoms with van der Waals surface area (Å²) in [6, 6.07) is 0. The van der Waals surface area contributed by atoms with Gasteiger partial charge in [-0.05, 0) is 37.8 Å². The van der Waals surface area contributed by atoms with Crippen molar-refractivity contribution in [2.24, 2.45) is 0 Å². The molecule has 0 aliphatic heterocycles. The number of benzene rings is 1. The molecule has 1 aromatic rings. The van der Waals surface area contributed by atoms with Crippen LogP contribution in [0.4, 0.5) is 11.4 Å². The maximum Gasteiger partial charge on any atom is 0.198 e. The SMILES string of the molecule is [C-]#[N+]c1c(C)c(CO[C@H](C)CC)c(CO[C@H](C)CC)c(C)c1[N+]#[C-]. The quantitative estimate of drug-likeness (QED) is 0.544. The molecule has 0 fully saturated rings. The lowest BCUT2D eigenvalue weighted by molar-refractivity contribution is 0.0393. The molecule has 0 saturated heterocycles. The van der Waals surface area contributed by atoms with Crippen LogP contribution in [0, 0.1) is 27.0 Å². The molecule has 0 aromatic heterocycles. The second kappa shape index (κ2) is 9.42. The second-order valence-electron chi connectivity index (χ2n) is 6.19. The van der Waals surface area contributed by atoms with E-state index in [0.29, 0.717) is 24.6 Å². The number of rotatable bonds is 8. The van der Waals surface area contributed by atoms with E-state index in [2.05, 4.69) is 23.5 Å². The van der Waals surface area contributed by atoms with Crippen LogP contribution in [0.2, 0.25) is 0 Å². The van der Waals surface area contributed by atoms with Gasteiger partial charge in [0, 0.05) is 0 Å². The first-order chi connectivity index (χ1) is 11.4. The van der Waals surface area contributed by atoms with Gasteiger partial charge in [0.05, 0.1) is 38.6 Å². The van der Waals surface area contributed by atoms with Crippen LogP contribution in [-0.4, -0.2) is 12.2 Å². The molecule has 0 N–H and O–H groups in total. The molecule has 1 rings (SSSR count). The number of hydrogen-bond donors (Lipinski definition) is 0. The molecule has 4 heteroatoms. The minimum atomic E-state index is 0.157. The Morgan fingerprint density at radius 2 is 1.12 bits per heavy atom. The average molecular weight is 328 g/mol. The van der Waals surface area contributed by atoms with Gasteiger partial charge in [-0.25, -0.2) is 9.69 Å². The molecule has 0 spiro atoms. The predicted molar refractivity (Wildman–Crippen MR) is 97.5 cm³/mol. The smallest absolute Gasteiger partial charge is 0.198 e. The van der Waals surface area contributed by atoms with Crippen LogP contribution in [0.3, 0.4) is 0 Å². The summed E-state index contributed by atoms with van der Waals surface area (Å²) in [5.41, 5.74) is 4.55. The topological polar surface area (TPSA) is 27.2 Å². The summed E-state index contributed by atoms with van der Waals surface area (Å²) in [7, 11) is 0. The monoisotopic (exact) mass is 328 g/mol. The van der Waals surface area contributed by atoms with E-state index in [0.717, 1.165) is 35.1 Å². The lowest BCUT2D eigenvalue weighted by Crippen LogP contribution is -2.13. The van der Waals surface area contributed by atoms with E-state index in [1.165, 1.54) is 0 Å². The Morgan fingerprint density at radius 3 is 1.38 bits per heavy atom. The minimum Gasteiger partial charge on any atom is -0.374 e. The van der Waals surface area contributed by atoms with Gasteiger partial charge in [0.2, 0.25) is 0 Å². The van der Waals surface area contributed by atoms with E-state index in [1.807, 2.05) is 27.7 Å². The van der Waals surface area contributed by atoms with Gasteiger partial charge in [-0.1, -0.05) is 38.8 Å². The van der Waals surface area contributed by atoms with Crippen molar-refractivity contribution in [1.82, 2.24) is 0 Å². The van der Waals surface area contributed by atoms with Gasteiger partial charge in [0.15, 0.2) is 11.4 Å². The van der Waals surface area contributed by atoms with E-state index < -0.39 is 0 Å². The van der Waals surface area contributed by atoms with Crippen LogP contribution in [-0.2, 0) is 22.7 Å². The molecule has 0 aliphatic rings. The Balaban J connectivity index is 3.37. The summed E-state index contributed by atoms with van der Waals surface area (Å²) >= 11 is 0. The van der Waals surface area contributed by atoms with Crippen LogP contribution >= 0.6 is 0 Å². The third kappa shape index (κ3) is 4.57. The molecule has 24 heavy (non-hydrogen) atoms. The van der Waals surface area contributed by atoms with Gasteiger partial charge in [-0.15, -0.1) is 0 Å². The first-order valence-corrected chi connectivity index (χ1v) is 8.54. The zero-order valence-corrected chi connectivity index (χ0v) is 15.7. The molecule has 0 bridgehead atoms. The summed E-state index contributed by atoms with van der Waals surface area (Å²) < 4.78 is 11.8. The summed E-state index contributed by atoms with van der Waals surface area (Å²) in [6.07, 6.45) is 2.19. The van der Waals surface area contributed by atoms with E-state index in [1.54, 1.807) is 0 Å². The highest BCUT2D eigenvalue weighted by Crippen LogP contribution is 2.41. The van der Waals surface area contributed by atoms with Gasteiger partial charge in [0.1, 0.15) is 0 Å². The van der Waals surface area contributed by atoms with Crippen molar-refractivity contribution in [2.75, 3.05) is 0 Å². The zero-order valence-electron chi connectivity index (χ0n) is 15.7. The molecular weight excluding hydrogens is 300 g/mol. The Kier molecular flexibility index (Phi) is 7.92. The van der Waals surface area contributed by atoms with Gasteiger partial charge < -0.3 is 9.47 Å². The molecule has 1 aromatic carbocycles. The van der Waals surface area contributed by atoms with E-state index in [9.17, 15) is 0 Å². The van der Waals surface area contributed by atoms with Crippen molar-refractivity contribution in [3.63, 3.8) is 0 Å². The maximum atomic E-state index is 7.45. The third-order valence-corrected chi connectivity index (χ3v) is 4.60. The van der Waals surface area contributed by atoms with Crippen molar-refractivity contribution in [2.45, 2.75) is 79.8 Å². The van der Waals surface area contributed by atoms with E-state index in [4.69, 9.17) is 22.6 Å². The van der Waals surface area contributed by atoms with Crippen molar-refractivity contribution in [3.05, 3.63) is 45.1 Å². The average Bonchev–Trinajstić information content (AvgIpc) is 2.59. The molecule has 0 amide bonds. The van der Waals surface area contributed by atoms with E-state index in [-0.39, 0.29) is 12.2 Å². The van der Waals surface area contributed by atoms with E-state index >= 15 is 0 Å². The molecule has 0 unspecified atom stereocenters. The van der Waals surface area contributed by atoms with Gasteiger partial charge in [-0.3, -0.25) is 0 Å². The van der Waals surface area contributed by atoms with Crippen molar-refractivity contribution in [3.8, 4) is 0 Å². The highest BCUT2D eigenvalue weighted by atomic mass is 16.5. The molecular formula is C20H28N2O2. The van der Waals surface area contributed by atoms with Crippen LogP contribution in [0.25, 0.3) is 9.69 Å². The molecule has 0 heterocycles. The van der Waals surface area contributed by atoms with Gasteiger partial charge >= 0.3 is 0 Å². The van der Waals surface area contributed by atoms with Crippen molar-refractivity contribution in [1.29, 1.82) is 0 Å². The highest BCUT2D eigenvalue weighted by Gasteiger charge is 2.20. The Hall–Kier alpha value is -1.88. The molecule has 0 saturated carbocycles. The summed E-state index contributed by atoms with van der Waals surface area (Å²) in [5.74, 6) is 0. The maximum absolute atomic E-state index is 7.45. The first-order valence-electron chi connectivity index (χ1n) is 8.54. The first kappa shape index (κ1) is 20.2. The van der Waals surface area contributed by atoms with Crippen LogP contribution in [0.15, 0.2) is 0 Å². The van der Waals surface area contributed by atoms with Gasteiger partial charge in [0.25, 0.3) is 0 Å². The molecule has 0 radical (unpaired) electrons. The normalized spacial score (nSPS) is 13.2. The fourth-order valence-electron chi connectivity index (χ4n) is 2.44. The Labute approximate surface area is 146 Å². The summed E-state index contributed by atoms with van der Waals surface area (Å²) in [6.45, 7) is 27.9.